The van der Waals surface area contributed by atoms with Gasteiger partial charge in [-0.25, -0.2) is 9.97 Å². The molecule has 0 saturated carbocycles. The molecule has 1 amide bonds. The summed E-state index contributed by atoms with van der Waals surface area (Å²) in [6.07, 6.45) is 6.61. The van der Waals surface area contributed by atoms with Gasteiger partial charge < -0.3 is 10.2 Å². The second kappa shape index (κ2) is 8.12. The molecule has 22 heavy (non-hydrogen) atoms. The van der Waals surface area contributed by atoms with Crippen molar-refractivity contribution in [2.45, 2.75) is 26.2 Å². The lowest BCUT2D eigenvalue weighted by atomic mass is 10.2. The first-order valence-electron chi connectivity index (χ1n) is 7.61. The second-order valence-electron chi connectivity index (χ2n) is 5.12. The highest BCUT2D eigenvalue weighted by Crippen LogP contribution is 2.14. The molecule has 1 aromatic heterocycles. The third-order valence-electron chi connectivity index (χ3n) is 3.41. The van der Waals surface area contributed by atoms with Crippen molar-refractivity contribution in [1.82, 2.24) is 9.97 Å². The van der Waals surface area contributed by atoms with E-state index < -0.39 is 0 Å². The third kappa shape index (κ3) is 4.28. The molecule has 0 fully saturated rings. The number of unbranched alkanes of at least 4 members (excludes halogenated alkanes) is 2. The van der Waals surface area contributed by atoms with Gasteiger partial charge in [0.05, 0.1) is 12.4 Å². The van der Waals surface area contributed by atoms with Gasteiger partial charge in [0.15, 0.2) is 0 Å². The quantitative estimate of drug-likeness (QED) is 0.796. The highest BCUT2D eigenvalue weighted by Gasteiger charge is 2.14. The number of amides is 1. The summed E-state index contributed by atoms with van der Waals surface area (Å²) >= 11 is 0. The summed E-state index contributed by atoms with van der Waals surface area (Å²) in [5.41, 5.74) is 1.17. The molecule has 2 rings (SSSR count). The number of rotatable bonds is 7. The first-order chi connectivity index (χ1) is 10.7. The number of hydrogen-bond donors (Lipinski definition) is 1. The van der Waals surface area contributed by atoms with E-state index >= 15 is 0 Å². The molecule has 1 heterocycles. The van der Waals surface area contributed by atoms with Crippen LogP contribution in [0.15, 0.2) is 42.7 Å². The summed E-state index contributed by atoms with van der Waals surface area (Å²) in [6.45, 7) is 3.04. The Labute approximate surface area is 131 Å². The van der Waals surface area contributed by atoms with Crippen molar-refractivity contribution in [2.24, 2.45) is 0 Å². The van der Waals surface area contributed by atoms with E-state index in [1.807, 2.05) is 30.3 Å². The monoisotopic (exact) mass is 298 g/mol. The van der Waals surface area contributed by atoms with Crippen molar-refractivity contribution in [3.63, 3.8) is 0 Å². The van der Waals surface area contributed by atoms with Crippen LogP contribution < -0.4 is 10.2 Å². The normalized spacial score (nSPS) is 10.3. The summed E-state index contributed by atoms with van der Waals surface area (Å²) in [4.78, 5) is 22.4. The largest absolute Gasteiger partial charge is 0.369 e. The fraction of sp³-hybridized carbons (Fsp3) is 0.353. The van der Waals surface area contributed by atoms with E-state index in [0.717, 1.165) is 18.7 Å². The highest BCUT2D eigenvalue weighted by molar-refractivity contribution is 6.04. The zero-order valence-electron chi connectivity index (χ0n) is 13.1. The molecule has 0 aliphatic rings. The van der Waals surface area contributed by atoms with E-state index in [9.17, 15) is 4.79 Å². The molecule has 1 N–H and O–H groups in total. The maximum absolute atomic E-state index is 12.4. The number of carbonyl (C=O) groups is 1. The Morgan fingerprint density at radius 2 is 1.91 bits per heavy atom. The van der Waals surface area contributed by atoms with Gasteiger partial charge in [-0.05, 0) is 18.6 Å². The molecule has 116 valence electrons. The zero-order chi connectivity index (χ0) is 15.8. The Kier molecular flexibility index (Phi) is 5.89. The molecule has 5 nitrogen and oxygen atoms in total. The Morgan fingerprint density at radius 1 is 1.14 bits per heavy atom. The van der Waals surface area contributed by atoms with Crippen molar-refractivity contribution in [1.29, 1.82) is 0 Å². The predicted molar refractivity (Wildman–Crippen MR) is 89.2 cm³/mol. The minimum Gasteiger partial charge on any atom is -0.369 e. The van der Waals surface area contributed by atoms with Gasteiger partial charge in [-0.3, -0.25) is 4.79 Å². The Morgan fingerprint density at radius 3 is 2.55 bits per heavy atom. The maximum Gasteiger partial charge on any atom is 0.278 e. The second-order valence-corrected chi connectivity index (χ2v) is 5.12. The molecule has 1 aromatic carbocycles. The summed E-state index contributed by atoms with van der Waals surface area (Å²) < 4.78 is 0. The lowest BCUT2D eigenvalue weighted by Crippen LogP contribution is -2.27. The smallest absolute Gasteiger partial charge is 0.278 e. The van der Waals surface area contributed by atoms with E-state index in [0.29, 0.717) is 11.5 Å². The molecule has 5 heteroatoms. The number of carbonyl (C=O) groups excluding carboxylic acids is 1. The minimum absolute atomic E-state index is 0.170. The first-order valence-corrected chi connectivity index (χ1v) is 7.61. The number of para-hydroxylation sites is 1. The summed E-state index contributed by atoms with van der Waals surface area (Å²) in [5.74, 6) is 0.534. The van der Waals surface area contributed by atoms with Crippen LogP contribution in [0.4, 0.5) is 11.5 Å². The van der Waals surface area contributed by atoms with Crippen LogP contribution >= 0.6 is 0 Å². The molecular weight excluding hydrogens is 276 g/mol. The van der Waals surface area contributed by atoms with Crippen molar-refractivity contribution in [2.75, 3.05) is 23.8 Å². The molecule has 2 aromatic rings. The molecule has 0 atom stereocenters. The molecule has 0 aliphatic carbocycles. The number of nitrogens with one attached hydrogen (secondary N) is 1. The van der Waals surface area contributed by atoms with E-state index in [2.05, 4.69) is 22.2 Å². The third-order valence-corrected chi connectivity index (χ3v) is 3.41. The average Bonchev–Trinajstić information content (AvgIpc) is 2.59. The van der Waals surface area contributed by atoms with Crippen LogP contribution in [0.5, 0.6) is 0 Å². The van der Waals surface area contributed by atoms with Crippen LogP contribution in [0.2, 0.25) is 0 Å². The molecular formula is C17H22N4O. The fourth-order valence-electron chi connectivity index (χ4n) is 2.06. The van der Waals surface area contributed by atoms with Crippen LogP contribution in [-0.4, -0.2) is 29.5 Å². The minimum atomic E-state index is -0.170. The Bertz CT molecular complexity index is 583. The Balaban J connectivity index is 1.96. The molecule has 0 radical (unpaired) electrons. The van der Waals surface area contributed by atoms with Gasteiger partial charge in [0.1, 0.15) is 11.5 Å². The van der Waals surface area contributed by atoms with Crippen LogP contribution in [-0.2, 0) is 0 Å². The van der Waals surface area contributed by atoms with E-state index in [1.54, 1.807) is 18.1 Å². The highest BCUT2D eigenvalue weighted by atomic mass is 16.2. The molecule has 0 bridgehead atoms. The summed E-state index contributed by atoms with van der Waals surface area (Å²) in [5, 5.41) is 3.21. The van der Waals surface area contributed by atoms with Gasteiger partial charge in [-0.2, -0.15) is 0 Å². The SMILES string of the molecule is CCCCCNc1cnc(C(=O)N(C)c2ccccc2)cn1. The number of aromatic nitrogens is 2. The van der Waals surface area contributed by atoms with Crippen molar-refractivity contribution < 1.29 is 4.79 Å². The topological polar surface area (TPSA) is 58.1 Å². The lowest BCUT2D eigenvalue weighted by molar-refractivity contribution is 0.0988. The van der Waals surface area contributed by atoms with E-state index in [4.69, 9.17) is 0 Å². The van der Waals surface area contributed by atoms with E-state index in [1.165, 1.54) is 19.0 Å². The zero-order valence-corrected chi connectivity index (χ0v) is 13.1. The van der Waals surface area contributed by atoms with Crippen LogP contribution in [0.3, 0.4) is 0 Å². The van der Waals surface area contributed by atoms with Gasteiger partial charge in [0, 0.05) is 19.3 Å². The molecule has 0 aliphatic heterocycles. The van der Waals surface area contributed by atoms with Gasteiger partial charge in [-0.1, -0.05) is 38.0 Å². The Hall–Kier alpha value is -2.43. The molecule has 0 saturated heterocycles. The standard InChI is InChI=1S/C17H22N4O/c1-3-4-8-11-18-16-13-19-15(12-20-16)17(22)21(2)14-9-6-5-7-10-14/h5-7,9-10,12-13H,3-4,8,11H2,1-2H3,(H,18,20). The number of anilines is 2. The van der Waals surface area contributed by atoms with Crippen LogP contribution in [0.25, 0.3) is 0 Å². The number of hydrogen-bond acceptors (Lipinski definition) is 4. The van der Waals surface area contributed by atoms with Gasteiger partial charge >= 0.3 is 0 Å². The number of nitrogens with zero attached hydrogens (tertiary/aromatic N) is 3. The average molecular weight is 298 g/mol. The predicted octanol–water partition coefficient (Wildman–Crippen LogP) is 3.36. The fourth-order valence-corrected chi connectivity index (χ4v) is 2.06. The van der Waals surface area contributed by atoms with Gasteiger partial charge in [0.2, 0.25) is 0 Å². The number of benzene rings is 1. The molecule has 0 unspecified atom stereocenters. The van der Waals surface area contributed by atoms with Crippen molar-refractivity contribution in [3.05, 3.63) is 48.4 Å². The van der Waals surface area contributed by atoms with Crippen LogP contribution in [0, 0.1) is 0 Å². The lowest BCUT2D eigenvalue weighted by Gasteiger charge is -2.16. The van der Waals surface area contributed by atoms with Crippen LogP contribution in [0.1, 0.15) is 36.7 Å². The van der Waals surface area contributed by atoms with E-state index in [-0.39, 0.29) is 5.91 Å². The van der Waals surface area contributed by atoms with Gasteiger partial charge in [0.25, 0.3) is 5.91 Å². The first kappa shape index (κ1) is 15.9. The summed E-state index contributed by atoms with van der Waals surface area (Å²) in [6, 6.07) is 9.48. The van der Waals surface area contributed by atoms with Crippen molar-refractivity contribution in [3.8, 4) is 0 Å². The maximum atomic E-state index is 12.4. The van der Waals surface area contributed by atoms with Crippen molar-refractivity contribution >= 4 is 17.4 Å². The summed E-state index contributed by atoms with van der Waals surface area (Å²) in [7, 11) is 1.73. The molecule has 0 spiro atoms. The van der Waals surface area contributed by atoms with Gasteiger partial charge in [-0.15, -0.1) is 0 Å².